The molecule has 1 fully saturated rings. The zero-order valence-electron chi connectivity index (χ0n) is 11.3. The van der Waals surface area contributed by atoms with Gasteiger partial charge in [0.2, 0.25) is 10.0 Å². The van der Waals surface area contributed by atoms with E-state index in [9.17, 15) is 13.5 Å². The van der Waals surface area contributed by atoms with E-state index in [0.717, 1.165) is 6.54 Å². The second-order valence-corrected chi connectivity index (χ2v) is 6.33. The van der Waals surface area contributed by atoms with Gasteiger partial charge in [-0.1, -0.05) is 0 Å². The van der Waals surface area contributed by atoms with Crippen LogP contribution >= 0.6 is 0 Å². The molecule has 0 amide bonds. The number of aromatic nitrogens is 1. The monoisotopic (exact) mass is 301 g/mol. The van der Waals surface area contributed by atoms with Gasteiger partial charge in [-0.15, -0.1) is 0 Å². The number of hydrogen-bond donors (Lipinski definition) is 2. The van der Waals surface area contributed by atoms with E-state index < -0.39 is 16.1 Å². The van der Waals surface area contributed by atoms with Gasteiger partial charge in [0, 0.05) is 19.3 Å². The lowest BCUT2D eigenvalue weighted by Crippen LogP contribution is -2.50. The third kappa shape index (κ3) is 3.09. The summed E-state index contributed by atoms with van der Waals surface area (Å²) in [7, 11) is -3.65. The van der Waals surface area contributed by atoms with Crippen LogP contribution in [0.3, 0.4) is 0 Å². The molecule has 2 rings (SSSR count). The molecule has 1 aliphatic heterocycles. The largest absolute Gasteiger partial charge is 0.395 e. The first kappa shape index (κ1) is 15.2. The Kier molecular flexibility index (Phi) is 4.92. The number of aliphatic hydroxyl groups is 1. The lowest BCUT2D eigenvalue weighted by Gasteiger charge is -2.33. The van der Waals surface area contributed by atoms with Gasteiger partial charge in [-0.25, -0.2) is 13.4 Å². The molecule has 0 bridgehead atoms. The van der Waals surface area contributed by atoms with Gasteiger partial charge in [0.1, 0.15) is 10.7 Å². The normalized spacial score (nSPS) is 20.8. The number of rotatable bonds is 5. The van der Waals surface area contributed by atoms with Crippen molar-refractivity contribution in [1.82, 2.24) is 9.29 Å². The number of nitrogens with zero attached hydrogens (tertiary/aromatic N) is 2. The predicted molar refractivity (Wildman–Crippen MR) is 74.0 cm³/mol. The van der Waals surface area contributed by atoms with Crippen molar-refractivity contribution < 1.29 is 18.3 Å². The second-order valence-electron chi connectivity index (χ2n) is 4.44. The summed E-state index contributed by atoms with van der Waals surface area (Å²) in [6.45, 7) is 3.17. The molecule has 0 radical (unpaired) electrons. The van der Waals surface area contributed by atoms with Crippen LogP contribution in [0.1, 0.15) is 6.92 Å². The predicted octanol–water partition coefficient (Wildman–Crippen LogP) is -0.105. The first-order chi connectivity index (χ1) is 9.59. The quantitative estimate of drug-likeness (QED) is 0.789. The second kappa shape index (κ2) is 6.49. The number of hydrogen-bond acceptors (Lipinski definition) is 6. The van der Waals surface area contributed by atoms with E-state index in [1.807, 2.05) is 6.92 Å². The van der Waals surface area contributed by atoms with Crippen molar-refractivity contribution in [1.29, 1.82) is 0 Å². The highest BCUT2D eigenvalue weighted by atomic mass is 32.2. The average molecular weight is 301 g/mol. The molecule has 1 aromatic heterocycles. The number of morpholine rings is 1. The Morgan fingerprint density at radius 2 is 2.35 bits per heavy atom. The topological polar surface area (TPSA) is 91.8 Å². The van der Waals surface area contributed by atoms with E-state index in [1.165, 1.54) is 16.6 Å². The van der Waals surface area contributed by atoms with Crippen molar-refractivity contribution >= 4 is 15.8 Å². The highest BCUT2D eigenvalue weighted by Gasteiger charge is 2.33. The SMILES string of the molecule is CCNc1ccc(S(=O)(=O)N2CCOCC2CO)cn1. The van der Waals surface area contributed by atoms with Gasteiger partial charge < -0.3 is 15.2 Å². The molecule has 7 nitrogen and oxygen atoms in total. The van der Waals surface area contributed by atoms with Crippen molar-refractivity contribution in [3.63, 3.8) is 0 Å². The summed E-state index contributed by atoms with van der Waals surface area (Å²) in [4.78, 5) is 4.19. The lowest BCUT2D eigenvalue weighted by molar-refractivity contribution is 0.0109. The molecule has 1 aromatic rings. The maximum atomic E-state index is 12.5. The van der Waals surface area contributed by atoms with Gasteiger partial charge in [-0.3, -0.25) is 0 Å². The summed E-state index contributed by atoms with van der Waals surface area (Å²) < 4.78 is 31.5. The zero-order chi connectivity index (χ0) is 14.6. The Balaban J connectivity index is 2.24. The summed E-state index contributed by atoms with van der Waals surface area (Å²) >= 11 is 0. The number of pyridine rings is 1. The molecule has 0 saturated carbocycles. The molecule has 0 aromatic carbocycles. The molecule has 20 heavy (non-hydrogen) atoms. The van der Waals surface area contributed by atoms with E-state index >= 15 is 0 Å². The maximum absolute atomic E-state index is 12.5. The van der Waals surface area contributed by atoms with Gasteiger partial charge in [0.15, 0.2) is 0 Å². The highest BCUT2D eigenvalue weighted by Crippen LogP contribution is 2.20. The van der Waals surface area contributed by atoms with Crippen LogP contribution in [0, 0.1) is 0 Å². The first-order valence-corrected chi connectivity index (χ1v) is 7.94. The summed E-state index contributed by atoms with van der Waals surface area (Å²) in [5, 5.41) is 12.3. The minimum Gasteiger partial charge on any atom is -0.395 e. The molecular weight excluding hydrogens is 282 g/mol. The molecule has 1 unspecified atom stereocenters. The standard InChI is InChI=1S/C12H19N3O4S/c1-2-13-12-4-3-11(7-14-12)20(17,18)15-5-6-19-9-10(15)8-16/h3-4,7,10,16H,2,5-6,8-9H2,1H3,(H,13,14). The van der Waals surface area contributed by atoms with Crippen LogP contribution in [0.4, 0.5) is 5.82 Å². The van der Waals surface area contributed by atoms with Crippen LogP contribution in [0.15, 0.2) is 23.2 Å². The van der Waals surface area contributed by atoms with Crippen LogP contribution < -0.4 is 5.32 Å². The van der Waals surface area contributed by atoms with Crippen molar-refractivity contribution in [3.05, 3.63) is 18.3 Å². The van der Waals surface area contributed by atoms with Crippen molar-refractivity contribution in [2.75, 3.05) is 38.2 Å². The smallest absolute Gasteiger partial charge is 0.245 e. The summed E-state index contributed by atoms with van der Waals surface area (Å²) in [5.41, 5.74) is 0. The number of sulfonamides is 1. The molecule has 1 saturated heterocycles. The molecule has 0 spiro atoms. The molecule has 2 N–H and O–H groups in total. The third-order valence-corrected chi connectivity index (χ3v) is 5.02. The Hall–Kier alpha value is -1.22. The van der Waals surface area contributed by atoms with Gasteiger partial charge >= 0.3 is 0 Å². The Labute approximate surface area is 118 Å². The fourth-order valence-corrected chi connectivity index (χ4v) is 3.59. The molecule has 1 atom stereocenters. The number of anilines is 1. The number of aliphatic hydroxyl groups excluding tert-OH is 1. The summed E-state index contributed by atoms with van der Waals surface area (Å²) in [5.74, 6) is 0.632. The van der Waals surface area contributed by atoms with E-state index in [2.05, 4.69) is 10.3 Å². The summed E-state index contributed by atoms with van der Waals surface area (Å²) in [6.07, 6.45) is 1.33. The minimum absolute atomic E-state index is 0.125. The number of nitrogens with one attached hydrogen (secondary N) is 1. The third-order valence-electron chi connectivity index (χ3n) is 3.09. The first-order valence-electron chi connectivity index (χ1n) is 6.50. The van der Waals surface area contributed by atoms with E-state index in [1.54, 1.807) is 6.07 Å². The molecule has 1 aliphatic rings. The minimum atomic E-state index is -3.65. The fraction of sp³-hybridized carbons (Fsp3) is 0.583. The van der Waals surface area contributed by atoms with E-state index in [4.69, 9.17) is 4.74 Å². The van der Waals surface area contributed by atoms with E-state index in [-0.39, 0.29) is 24.7 Å². The van der Waals surface area contributed by atoms with Gasteiger partial charge in [0.05, 0.1) is 25.9 Å². The Bertz CT molecular complexity index is 532. The van der Waals surface area contributed by atoms with Gasteiger partial charge in [-0.05, 0) is 19.1 Å². The van der Waals surface area contributed by atoms with Crippen molar-refractivity contribution in [2.24, 2.45) is 0 Å². The van der Waals surface area contributed by atoms with Crippen molar-refractivity contribution in [3.8, 4) is 0 Å². The van der Waals surface area contributed by atoms with E-state index in [0.29, 0.717) is 12.4 Å². The zero-order valence-corrected chi connectivity index (χ0v) is 12.1. The molecule has 0 aliphatic carbocycles. The Morgan fingerprint density at radius 1 is 1.55 bits per heavy atom. The fourth-order valence-electron chi connectivity index (χ4n) is 2.05. The van der Waals surface area contributed by atoms with Crippen LogP contribution in [-0.4, -0.2) is 61.8 Å². The molecule has 2 heterocycles. The lowest BCUT2D eigenvalue weighted by atomic mass is 10.3. The van der Waals surface area contributed by atoms with Gasteiger partial charge in [-0.2, -0.15) is 4.31 Å². The van der Waals surface area contributed by atoms with Crippen LogP contribution in [-0.2, 0) is 14.8 Å². The molecule has 8 heteroatoms. The number of ether oxygens (including phenoxy) is 1. The van der Waals surface area contributed by atoms with Crippen LogP contribution in [0.2, 0.25) is 0 Å². The molecular formula is C12H19N3O4S. The maximum Gasteiger partial charge on any atom is 0.245 e. The highest BCUT2D eigenvalue weighted by molar-refractivity contribution is 7.89. The summed E-state index contributed by atoms with van der Waals surface area (Å²) in [6, 6.07) is 2.61. The molecule has 112 valence electrons. The average Bonchev–Trinajstić information content (AvgIpc) is 2.48. The van der Waals surface area contributed by atoms with Gasteiger partial charge in [0.25, 0.3) is 0 Å². The van der Waals surface area contributed by atoms with Crippen molar-refractivity contribution in [2.45, 2.75) is 17.9 Å². The Morgan fingerprint density at radius 3 is 2.95 bits per heavy atom. The van der Waals surface area contributed by atoms with Crippen LogP contribution in [0.5, 0.6) is 0 Å². The van der Waals surface area contributed by atoms with Crippen LogP contribution in [0.25, 0.3) is 0 Å².